The maximum absolute atomic E-state index is 12.9. The molecule has 0 spiro atoms. The van der Waals surface area contributed by atoms with Crippen molar-refractivity contribution in [2.75, 3.05) is 19.7 Å². The second-order valence-corrected chi connectivity index (χ2v) is 10.4. The molecule has 2 aromatic rings. The highest BCUT2D eigenvalue weighted by molar-refractivity contribution is 14.1. The van der Waals surface area contributed by atoms with E-state index in [9.17, 15) is 4.79 Å². The fraction of sp³-hybridized carbons (Fsp3) is 0.480. The van der Waals surface area contributed by atoms with Crippen molar-refractivity contribution < 1.29 is 19.0 Å². The number of amides is 1. The molecular weight excluding hydrogens is 505 g/mol. The lowest BCUT2D eigenvalue weighted by Crippen LogP contribution is -2.45. The second-order valence-electron chi connectivity index (χ2n) is 9.15. The van der Waals surface area contributed by atoms with E-state index in [1.807, 2.05) is 57.2 Å². The van der Waals surface area contributed by atoms with Gasteiger partial charge in [0.05, 0.1) is 13.2 Å². The first-order valence-electron chi connectivity index (χ1n) is 10.8. The molecule has 168 valence electrons. The molecule has 1 aliphatic rings. The fourth-order valence-corrected chi connectivity index (χ4v) is 4.08. The summed E-state index contributed by atoms with van der Waals surface area (Å²) in [7, 11) is 0. The minimum Gasteiger partial charge on any atom is -0.493 e. The Morgan fingerprint density at radius 1 is 1.23 bits per heavy atom. The Morgan fingerprint density at radius 3 is 2.68 bits per heavy atom. The van der Waals surface area contributed by atoms with E-state index in [2.05, 4.69) is 41.6 Å². The van der Waals surface area contributed by atoms with E-state index >= 15 is 0 Å². The second kappa shape index (κ2) is 10.6. The predicted molar refractivity (Wildman–Crippen MR) is 131 cm³/mol. The van der Waals surface area contributed by atoms with Gasteiger partial charge in [-0.15, -0.1) is 0 Å². The number of benzene rings is 2. The van der Waals surface area contributed by atoms with E-state index in [1.165, 1.54) is 9.13 Å². The molecule has 0 unspecified atom stereocenters. The van der Waals surface area contributed by atoms with Gasteiger partial charge in [-0.05, 0) is 92.1 Å². The van der Waals surface area contributed by atoms with Crippen LogP contribution in [0.25, 0.3) is 0 Å². The summed E-state index contributed by atoms with van der Waals surface area (Å²) < 4.78 is 19.0. The number of halogens is 1. The summed E-state index contributed by atoms with van der Waals surface area (Å²) in [6.45, 7) is 9.31. The first-order chi connectivity index (χ1) is 14.7. The number of nitrogens with zero attached hydrogens (tertiary/aromatic N) is 1. The minimum absolute atomic E-state index is 0.0534. The summed E-state index contributed by atoms with van der Waals surface area (Å²) in [5.41, 5.74) is 0.687. The highest BCUT2D eigenvalue weighted by atomic mass is 127. The zero-order valence-electron chi connectivity index (χ0n) is 18.8. The van der Waals surface area contributed by atoms with E-state index in [4.69, 9.17) is 14.2 Å². The summed E-state index contributed by atoms with van der Waals surface area (Å²) in [6, 6.07) is 16.0. The SMILES string of the molecule is C[C@H](COc1ccccc1)CN(C[C@H]1CCc2cc(I)ccc2O1)C(=O)OC(C)(C)C. The topological polar surface area (TPSA) is 48.0 Å². The van der Waals surface area contributed by atoms with Gasteiger partial charge >= 0.3 is 6.09 Å². The summed E-state index contributed by atoms with van der Waals surface area (Å²) in [4.78, 5) is 14.7. The van der Waals surface area contributed by atoms with Crippen molar-refractivity contribution in [3.8, 4) is 11.5 Å². The molecule has 0 fully saturated rings. The van der Waals surface area contributed by atoms with Gasteiger partial charge in [0, 0.05) is 16.0 Å². The fourth-order valence-electron chi connectivity index (χ4n) is 3.52. The monoisotopic (exact) mass is 537 g/mol. The summed E-state index contributed by atoms with van der Waals surface area (Å²) in [6.07, 6.45) is 1.46. The van der Waals surface area contributed by atoms with Crippen LogP contribution in [0.1, 0.15) is 39.7 Å². The summed E-state index contributed by atoms with van der Waals surface area (Å²) in [5, 5.41) is 0. The number of carbonyl (C=O) groups is 1. The molecule has 0 bridgehead atoms. The lowest BCUT2D eigenvalue weighted by Gasteiger charge is -2.34. The Hall–Kier alpha value is -1.96. The first-order valence-corrected chi connectivity index (χ1v) is 11.9. The van der Waals surface area contributed by atoms with Crippen molar-refractivity contribution in [3.63, 3.8) is 0 Å². The van der Waals surface area contributed by atoms with Crippen LogP contribution in [0, 0.1) is 9.49 Å². The largest absolute Gasteiger partial charge is 0.493 e. The number of para-hydroxylation sites is 1. The average molecular weight is 537 g/mol. The number of ether oxygens (including phenoxy) is 3. The van der Waals surface area contributed by atoms with Gasteiger partial charge in [0.15, 0.2) is 0 Å². The third-order valence-electron chi connectivity index (χ3n) is 4.94. The van der Waals surface area contributed by atoms with E-state index in [0.29, 0.717) is 19.7 Å². The highest BCUT2D eigenvalue weighted by Crippen LogP contribution is 2.29. The van der Waals surface area contributed by atoms with E-state index in [1.54, 1.807) is 4.90 Å². The molecule has 0 saturated carbocycles. The molecule has 2 atom stereocenters. The number of aryl methyl sites for hydroxylation is 1. The van der Waals surface area contributed by atoms with Gasteiger partial charge in [-0.25, -0.2) is 4.79 Å². The zero-order valence-corrected chi connectivity index (χ0v) is 20.9. The maximum atomic E-state index is 12.9. The number of hydrogen-bond acceptors (Lipinski definition) is 4. The average Bonchev–Trinajstić information content (AvgIpc) is 2.71. The van der Waals surface area contributed by atoms with Gasteiger partial charge in [0.2, 0.25) is 0 Å². The van der Waals surface area contributed by atoms with Crippen LogP contribution < -0.4 is 9.47 Å². The Labute approximate surface area is 199 Å². The molecule has 0 aliphatic carbocycles. The van der Waals surface area contributed by atoms with Gasteiger partial charge in [-0.1, -0.05) is 25.1 Å². The molecular formula is C25H32INO4. The standard InChI is InChI=1S/C25H32INO4/c1-18(17-29-21-8-6-5-7-9-21)15-27(24(28)31-25(2,3)4)16-22-12-10-19-14-20(26)11-13-23(19)30-22/h5-9,11,13-14,18,22H,10,12,15-17H2,1-4H3/t18-,22+/m0/s1. The quantitative estimate of drug-likeness (QED) is 0.411. The van der Waals surface area contributed by atoms with Gasteiger partial charge in [0.1, 0.15) is 23.2 Å². The van der Waals surface area contributed by atoms with Crippen molar-refractivity contribution in [2.45, 2.75) is 52.2 Å². The van der Waals surface area contributed by atoms with Crippen molar-refractivity contribution in [3.05, 3.63) is 57.7 Å². The molecule has 1 amide bonds. The van der Waals surface area contributed by atoms with Crippen molar-refractivity contribution in [2.24, 2.45) is 5.92 Å². The number of hydrogen-bond donors (Lipinski definition) is 0. The predicted octanol–water partition coefficient (Wildman–Crippen LogP) is 5.94. The van der Waals surface area contributed by atoms with E-state index in [-0.39, 0.29) is 18.1 Å². The van der Waals surface area contributed by atoms with Crippen molar-refractivity contribution in [1.82, 2.24) is 4.90 Å². The molecule has 1 heterocycles. The number of fused-ring (bicyclic) bond motifs is 1. The van der Waals surface area contributed by atoms with Crippen LogP contribution in [0.15, 0.2) is 48.5 Å². The van der Waals surface area contributed by atoms with Crippen LogP contribution >= 0.6 is 22.6 Å². The van der Waals surface area contributed by atoms with Gasteiger partial charge in [-0.2, -0.15) is 0 Å². The maximum Gasteiger partial charge on any atom is 0.410 e. The first kappa shape index (κ1) is 23.7. The molecule has 5 nitrogen and oxygen atoms in total. The van der Waals surface area contributed by atoms with Crippen LogP contribution in [0.4, 0.5) is 4.79 Å². The third kappa shape index (κ3) is 7.59. The highest BCUT2D eigenvalue weighted by Gasteiger charge is 2.29. The van der Waals surface area contributed by atoms with Crippen molar-refractivity contribution >= 4 is 28.7 Å². The van der Waals surface area contributed by atoms with Gasteiger partial charge in [-0.3, -0.25) is 0 Å². The Balaban J connectivity index is 1.63. The molecule has 2 aromatic carbocycles. The Kier molecular flexibility index (Phi) is 8.08. The van der Waals surface area contributed by atoms with Crippen molar-refractivity contribution in [1.29, 1.82) is 0 Å². The van der Waals surface area contributed by atoms with Crippen LogP contribution in [0.2, 0.25) is 0 Å². The zero-order chi connectivity index (χ0) is 22.4. The lowest BCUT2D eigenvalue weighted by molar-refractivity contribution is 0.0108. The molecule has 0 N–H and O–H groups in total. The van der Waals surface area contributed by atoms with Crippen LogP contribution in [-0.4, -0.2) is 42.4 Å². The molecule has 1 aliphatic heterocycles. The number of rotatable bonds is 7. The van der Waals surface area contributed by atoms with Crippen LogP contribution in [0.5, 0.6) is 11.5 Å². The molecule has 3 rings (SSSR count). The summed E-state index contributed by atoms with van der Waals surface area (Å²) >= 11 is 2.32. The number of carbonyl (C=O) groups excluding carboxylic acids is 1. The molecule has 0 radical (unpaired) electrons. The smallest absolute Gasteiger partial charge is 0.410 e. The summed E-state index contributed by atoms with van der Waals surface area (Å²) in [5.74, 6) is 1.89. The van der Waals surface area contributed by atoms with Gasteiger partial charge < -0.3 is 19.1 Å². The Bertz CT molecular complexity index is 866. The molecule has 31 heavy (non-hydrogen) atoms. The third-order valence-corrected chi connectivity index (χ3v) is 5.61. The van der Waals surface area contributed by atoms with Gasteiger partial charge in [0.25, 0.3) is 0 Å². The molecule has 0 aromatic heterocycles. The molecule has 0 saturated heterocycles. The lowest BCUT2D eigenvalue weighted by atomic mass is 10.0. The normalized spacial score (nSPS) is 16.6. The van der Waals surface area contributed by atoms with E-state index < -0.39 is 5.60 Å². The molecule has 6 heteroatoms. The van der Waals surface area contributed by atoms with Crippen LogP contribution in [0.3, 0.4) is 0 Å². The Morgan fingerprint density at radius 2 is 1.97 bits per heavy atom. The van der Waals surface area contributed by atoms with Crippen LogP contribution in [-0.2, 0) is 11.2 Å². The minimum atomic E-state index is -0.546. The van der Waals surface area contributed by atoms with E-state index in [0.717, 1.165) is 24.3 Å².